The van der Waals surface area contributed by atoms with Crippen molar-refractivity contribution in [1.82, 2.24) is 5.32 Å². The number of halogens is 1. The molecule has 3 atom stereocenters. The van der Waals surface area contributed by atoms with E-state index in [9.17, 15) is 9.00 Å². The largest absolute Gasteiger partial charge is 0.347 e. The van der Waals surface area contributed by atoms with Gasteiger partial charge in [-0.1, -0.05) is 49.6 Å². The van der Waals surface area contributed by atoms with Crippen LogP contribution in [0.1, 0.15) is 42.3 Å². The topological polar surface area (TPSA) is 46.2 Å². The summed E-state index contributed by atoms with van der Waals surface area (Å²) in [6, 6.07) is 7.75. The van der Waals surface area contributed by atoms with Crippen LogP contribution in [0.4, 0.5) is 0 Å². The number of amides is 1. The fraction of sp³-hybridized carbons (Fsp3) is 0.471. The van der Waals surface area contributed by atoms with Crippen LogP contribution in [0.25, 0.3) is 10.1 Å². The molecule has 1 aliphatic carbocycles. The third-order valence-corrected chi connectivity index (χ3v) is 7.87. The van der Waals surface area contributed by atoms with Crippen LogP contribution in [0.5, 0.6) is 0 Å². The molecule has 1 saturated carbocycles. The molecule has 23 heavy (non-hydrogen) atoms. The van der Waals surface area contributed by atoms with Crippen LogP contribution < -0.4 is 5.32 Å². The highest BCUT2D eigenvalue weighted by Crippen LogP contribution is 2.35. The molecule has 1 aliphatic rings. The van der Waals surface area contributed by atoms with E-state index in [0.29, 0.717) is 15.7 Å². The maximum atomic E-state index is 12.7. The van der Waals surface area contributed by atoms with Crippen LogP contribution in [-0.4, -0.2) is 27.2 Å². The summed E-state index contributed by atoms with van der Waals surface area (Å²) >= 11 is 7.80. The number of carbonyl (C=O) groups is 1. The molecule has 1 fully saturated rings. The molecule has 0 unspecified atom stereocenters. The lowest BCUT2D eigenvalue weighted by Gasteiger charge is -2.31. The van der Waals surface area contributed by atoms with Gasteiger partial charge in [-0.25, -0.2) is 0 Å². The molecule has 1 amide bonds. The molecule has 1 aromatic heterocycles. The lowest BCUT2D eigenvalue weighted by atomic mass is 9.95. The maximum absolute atomic E-state index is 12.7. The zero-order valence-electron chi connectivity index (χ0n) is 13.0. The third-order valence-electron chi connectivity index (χ3n) is 4.38. The second-order valence-electron chi connectivity index (χ2n) is 5.81. The minimum atomic E-state index is -0.881. The summed E-state index contributed by atoms with van der Waals surface area (Å²) in [7, 11) is -0.881. The van der Waals surface area contributed by atoms with Crippen LogP contribution in [0.2, 0.25) is 5.02 Å². The lowest BCUT2D eigenvalue weighted by Crippen LogP contribution is -2.47. The highest BCUT2D eigenvalue weighted by Gasteiger charge is 2.31. The van der Waals surface area contributed by atoms with Gasteiger partial charge >= 0.3 is 0 Å². The van der Waals surface area contributed by atoms with Crippen LogP contribution in [0, 0.1) is 0 Å². The molecule has 3 rings (SSSR count). The van der Waals surface area contributed by atoms with Crippen molar-refractivity contribution in [3.8, 4) is 0 Å². The van der Waals surface area contributed by atoms with Gasteiger partial charge in [0.05, 0.1) is 10.3 Å². The molecule has 0 saturated heterocycles. The SMILES string of the molecule is CC[S@@](=O)[C@H]1CCCC[C@@H]1NC(=O)c1sc2ccccc2c1Cl. The minimum Gasteiger partial charge on any atom is -0.347 e. The Labute approximate surface area is 147 Å². The first-order chi connectivity index (χ1) is 11.1. The summed E-state index contributed by atoms with van der Waals surface area (Å²) in [5.74, 6) is 0.502. The summed E-state index contributed by atoms with van der Waals surface area (Å²) < 4.78 is 13.3. The fourth-order valence-electron chi connectivity index (χ4n) is 3.18. The van der Waals surface area contributed by atoms with Crippen LogP contribution >= 0.6 is 22.9 Å². The first kappa shape index (κ1) is 16.9. The Bertz CT molecular complexity index is 743. The molecule has 1 heterocycles. The molecule has 2 aromatic rings. The third kappa shape index (κ3) is 3.47. The van der Waals surface area contributed by atoms with Crippen molar-refractivity contribution in [3.05, 3.63) is 34.2 Å². The Morgan fingerprint density at radius 3 is 2.83 bits per heavy atom. The number of hydrogen-bond acceptors (Lipinski definition) is 3. The smallest absolute Gasteiger partial charge is 0.263 e. The second-order valence-corrected chi connectivity index (χ2v) is 9.19. The van der Waals surface area contributed by atoms with Crippen LogP contribution in [0.3, 0.4) is 0 Å². The average Bonchev–Trinajstić information content (AvgIpc) is 2.92. The van der Waals surface area contributed by atoms with E-state index in [4.69, 9.17) is 11.6 Å². The highest BCUT2D eigenvalue weighted by atomic mass is 35.5. The highest BCUT2D eigenvalue weighted by molar-refractivity contribution is 7.85. The molecule has 6 heteroatoms. The number of carbonyl (C=O) groups excluding carboxylic acids is 1. The van der Waals surface area contributed by atoms with E-state index in [1.165, 1.54) is 11.3 Å². The molecule has 0 radical (unpaired) electrons. The van der Waals surface area contributed by atoms with Crippen LogP contribution in [0.15, 0.2) is 24.3 Å². The number of rotatable bonds is 4. The predicted octanol–water partition coefficient (Wildman–Crippen LogP) is 4.36. The van der Waals surface area contributed by atoms with Gasteiger partial charge in [0.15, 0.2) is 0 Å². The first-order valence-electron chi connectivity index (χ1n) is 7.97. The quantitative estimate of drug-likeness (QED) is 0.870. The van der Waals surface area contributed by atoms with E-state index in [-0.39, 0.29) is 17.2 Å². The van der Waals surface area contributed by atoms with E-state index >= 15 is 0 Å². The Morgan fingerprint density at radius 2 is 2.09 bits per heavy atom. The predicted molar refractivity (Wildman–Crippen MR) is 99.0 cm³/mol. The van der Waals surface area contributed by atoms with E-state index in [1.54, 1.807) is 0 Å². The summed E-state index contributed by atoms with van der Waals surface area (Å²) in [5, 5.41) is 4.60. The van der Waals surface area contributed by atoms with Crippen LogP contribution in [-0.2, 0) is 10.8 Å². The number of nitrogens with one attached hydrogen (secondary N) is 1. The van der Waals surface area contributed by atoms with Gasteiger partial charge in [0.25, 0.3) is 5.91 Å². The van der Waals surface area contributed by atoms with Crippen molar-refractivity contribution in [2.75, 3.05) is 5.75 Å². The molecule has 1 N–H and O–H groups in total. The minimum absolute atomic E-state index is 0.0155. The number of fused-ring (bicyclic) bond motifs is 1. The van der Waals surface area contributed by atoms with Crippen molar-refractivity contribution < 1.29 is 9.00 Å². The van der Waals surface area contributed by atoms with Crippen molar-refractivity contribution >= 4 is 49.7 Å². The average molecular weight is 370 g/mol. The summed E-state index contributed by atoms with van der Waals surface area (Å²) in [4.78, 5) is 13.2. The Morgan fingerprint density at radius 1 is 1.35 bits per heavy atom. The molecular formula is C17H20ClNO2S2. The lowest BCUT2D eigenvalue weighted by molar-refractivity contribution is 0.0933. The van der Waals surface area contributed by atoms with Gasteiger partial charge in [0.2, 0.25) is 0 Å². The molecule has 0 spiro atoms. The van der Waals surface area contributed by atoms with Crippen molar-refractivity contribution in [2.24, 2.45) is 0 Å². The zero-order chi connectivity index (χ0) is 16.4. The molecule has 1 aromatic carbocycles. The number of thiophene rings is 1. The van der Waals surface area contributed by atoms with Gasteiger partial charge < -0.3 is 5.32 Å². The fourth-order valence-corrected chi connectivity index (χ4v) is 6.03. The summed E-state index contributed by atoms with van der Waals surface area (Å²) in [6.07, 6.45) is 3.98. The second kappa shape index (κ2) is 7.32. The van der Waals surface area contributed by atoms with E-state index < -0.39 is 10.8 Å². The molecule has 0 bridgehead atoms. The van der Waals surface area contributed by atoms with Crippen molar-refractivity contribution in [3.63, 3.8) is 0 Å². The molecule has 0 aliphatic heterocycles. The first-order valence-corrected chi connectivity index (χ1v) is 10.5. The number of hydrogen-bond donors (Lipinski definition) is 1. The van der Waals surface area contributed by atoms with Gasteiger partial charge in [0, 0.05) is 32.7 Å². The molecule has 124 valence electrons. The number of benzene rings is 1. The molecular weight excluding hydrogens is 350 g/mol. The van der Waals surface area contributed by atoms with Crippen molar-refractivity contribution in [1.29, 1.82) is 0 Å². The standard InChI is InChI=1S/C17H20ClNO2S2/c1-2-23(21)14-10-6-4-8-12(14)19-17(20)16-15(18)11-7-3-5-9-13(11)22-16/h3,5,7,9,12,14H,2,4,6,8,10H2,1H3,(H,19,20)/t12-,14-,23+/m0/s1. The van der Waals surface area contributed by atoms with Gasteiger partial charge in [-0.05, 0) is 18.9 Å². The zero-order valence-corrected chi connectivity index (χ0v) is 15.4. The Hall–Kier alpha value is -0.910. The monoisotopic (exact) mass is 369 g/mol. The van der Waals surface area contributed by atoms with Crippen molar-refractivity contribution in [2.45, 2.75) is 43.9 Å². The van der Waals surface area contributed by atoms with Gasteiger partial charge in [-0.3, -0.25) is 9.00 Å². The van der Waals surface area contributed by atoms with Gasteiger partial charge in [-0.15, -0.1) is 11.3 Å². The summed E-state index contributed by atoms with van der Waals surface area (Å²) in [5.41, 5.74) is 0. The normalized spacial score (nSPS) is 22.9. The summed E-state index contributed by atoms with van der Waals surface area (Å²) in [6.45, 7) is 1.94. The van der Waals surface area contributed by atoms with E-state index in [1.807, 2.05) is 31.2 Å². The Balaban J connectivity index is 1.82. The Kier molecular flexibility index (Phi) is 5.39. The van der Waals surface area contributed by atoms with Gasteiger partial charge in [0.1, 0.15) is 4.88 Å². The van der Waals surface area contributed by atoms with Gasteiger partial charge in [-0.2, -0.15) is 0 Å². The maximum Gasteiger partial charge on any atom is 0.263 e. The van der Waals surface area contributed by atoms with E-state index in [0.717, 1.165) is 35.8 Å². The van der Waals surface area contributed by atoms with E-state index in [2.05, 4.69) is 5.32 Å². The molecule has 3 nitrogen and oxygen atoms in total.